The van der Waals surface area contributed by atoms with Crippen LogP contribution >= 0.6 is 11.3 Å². The molecule has 1 amide bonds. The Kier molecular flexibility index (Phi) is 3.59. The number of carbonyl (C=O) groups excluding carboxylic acids is 1. The molecule has 1 heterocycles. The van der Waals surface area contributed by atoms with Gasteiger partial charge in [0.2, 0.25) is 5.91 Å². The van der Waals surface area contributed by atoms with Gasteiger partial charge in [0.15, 0.2) is 0 Å². The smallest absolute Gasteiger partial charge is 0.244 e. The minimum absolute atomic E-state index is 0.0371. The topological polar surface area (TPSA) is 62.2 Å². The Hall–Kier alpha value is -1.20. The molecule has 1 fully saturated rings. The first kappa shape index (κ1) is 12.3. The lowest BCUT2D eigenvalue weighted by Crippen LogP contribution is -2.30. The van der Waals surface area contributed by atoms with Gasteiger partial charge < -0.3 is 10.4 Å². The molecule has 92 valence electrons. The summed E-state index contributed by atoms with van der Waals surface area (Å²) in [7, 11) is 0. The van der Waals surface area contributed by atoms with Crippen LogP contribution in [0.3, 0.4) is 0 Å². The van der Waals surface area contributed by atoms with Crippen LogP contribution in [0.2, 0.25) is 0 Å². The van der Waals surface area contributed by atoms with Crippen LogP contribution in [-0.4, -0.2) is 29.1 Å². The fraction of sp³-hybridized carbons (Fsp3) is 0.500. The van der Waals surface area contributed by atoms with Gasteiger partial charge in [0, 0.05) is 29.1 Å². The summed E-state index contributed by atoms with van der Waals surface area (Å²) < 4.78 is 0. The van der Waals surface area contributed by atoms with Crippen molar-refractivity contribution in [2.45, 2.75) is 19.8 Å². The molecule has 1 saturated carbocycles. The van der Waals surface area contributed by atoms with Crippen molar-refractivity contribution in [1.29, 1.82) is 0 Å². The van der Waals surface area contributed by atoms with Crippen LogP contribution in [0.1, 0.15) is 22.7 Å². The monoisotopic (exact) mass is 252 g/mol. The minimum Gasteiger partial charge on any atom is -0.396 e. The Morgan fingerprint density at radius 3 is 3.00 bits per heavy atom. The molecule has 0 atom stereocenters. The number of aromatic nitrogens is 1. The highest BCUT2D eigenvalue weighted by molar-refractivity contribution is 7.12. The fourth-order valence-electron chi connectivity index (χ4n) is 1.51. The number of aliphatic hydroxyl groups is 1. The average molecular weight is 252 g/mol. The second-order valence-corrected chi connectivity index (χ2v) is 5.76. The molecule has 17 heavy (non-hydrogen) atoms. The third kappa shape index (κ3) is 3.38. The standard InChI is InChI=1S/C12H16N2O2S/c1-9-13-6-10(17-9)2-3-11(16)14-7-12(8-15)4-5-12/h2-3,6,15H,4-5,7-8H2,1H3,(H,14,16)/b3-2+. The molecule has 2 rings (SSSR count). The van der Waals surface area contributed by atoms with E-state index in [1.165, 1.54) is 6.08 Å². The molecule has 0 spiro atoms. The lowest BCUT2D eigenvalue weighted by Gasteiger charge is -2.10. The van der Waals surface area contributed by atoms with Crippen LogP contribution < -0.4 is 5.32 Å². The average Bonchev–Trinajstić information content (AvgIpc) is 3.00. The maximum atomic E-state index is 11.5. The number of aliphatic hydroxyl groups excluding tert-OH is 1. The first-order valence-electron chi connectivity index (χ1n) is 5.63. The molecule has 0 aliphatic heterocycles. The highest BCUT2D eigenvalue weighted by atomic mass is 32.1. The minimum atomic E-state index is -0.115. The van der Waals surface area contributed by atoms with E-state index in [-0.39, 0.29) is 17.9 Å². The van der Waals surface area contributed by atoms with E-state index in [2.05, 4.69) is 10.3 Å². The predicted molar refractivity (Wildman–Crippen MR) is 67.6 cm³/mol. The van der Waals surface area contributed by atoms with Gasteiger partial charge in [-0.3, -0.25) is 4.79 Å². The molecular formula is C12H16N2O2S. The lowest BCUT2D eigenvalue weighted by molar-refractivity contribution is -0.116. The molecule has 0 aromatic carbocycles. The Morgan fingerprint density at radius 1 is 1.71 bits per heavy atom. The molecule has 5 heteroatoms. The molecule has 0 radical (unpaired) electrons. The molecule has 0 saturated heterocycles. The number of hydrogen-bond acceptors (Lipinski definition) is 4. The second kappa shape index (κ2) is 4.98. The summed E-state index contributed by atoms with van der Waals surface area (Å²) >= 11 is 1.55. The Bertz CT molecular complexity index is 435. The van der Waals surface area contributed by atoms with Gasteiger partial charge in [0.05, 0.1) is 11.6 Å². The zero-order valence-electron chi connectivity index (χ0n) is 9.77. The van der Waals surface area contributed by atoms with Crippen LogP contribution in [0.5, 0.6) is 0 Å². The van der Waals surface area contributed by atoms with Crippen LogP contribution in [-0.2, 0) is 4.79 Å². The quantitative estimate of drug-likeness (QED) is 0.778. The Morgan fingerprint density at radius 2 is 2.47 bits per heavy atom. The zero-order valence-corrected chi connectivity index (χ0v) is 10.6. The maximum Gasteiger partial charge on any atom is 0.244 e. The molecular weight excluding hydrogens is 236 g/mol. The Balaban J connectivity index is 1.79. The van der Waals surface area contributed by atoms with E-state index >= 15 is 0 Å². The van der Waals surface area contributed by atoms with E-state index in [1.54, 1.807) is 23.6 Å². The van der Waals surface area contributed by atoms with Gasteiger partial charge in [-0.25, -0.2) is 4.98 Å². The summed E-state index contributed by atoms with van der Waals surface area (Å²) in [5, 5.41) is 12.9. The van der Waals surface area contributed by atoms with Crippen molar-refractivity contribution in [2.24, 2.45) is 5.41 Å². The van der Waals surface area contributed by atoms with Crippen molar-refractivity contribution >= 4 is 23.3 Å². The van der Waals surface area contributed by atoms with Crippen LogP contribution in [0.15, 0.2) is 12.3 Å². The number of carbonyl (C=O) groups is 1. The number of amides is 1. The number of rotatable bonds is 5. The van der Waals surface area contributed by atoms with Crippen molar-refractivity contribution in [1.82, 2.24) is 10.3 Å². The number of nitrogens with zero attached hydrogens (tertiary/aromatic N) is 1. The molecule has 2 N–H and O–H groups in total. The first-order chi connectivity index (χ1) is 8.13. The fourth-order valence-corrected chi connectivity index (χ4v) is 2.20. The van der Waals surface area contributed by atoms with E-state index < -0.39 is 0 Å². The first-order valence-corrected chi connectivity index (χ1v) is 6.44. The van der Waals surface area contributed by atoms with E-state index in [0.29, 0.717) is 6.54 Å². The van der Waals surface area contributed by atoms with E-state index in [0.717, 1.165) is 22.7 Å². The molecule has 1 aliphatic rings. The molecule has 1 aliphatic carbocycles. The van der Waals surface area contributed by atoms with Crippen molar-refractivity contribution in [3.63, 3.8) is 0 Å². The lowest BCUT2D eigenvalue weighted by atomic mass is 10.1. The van der Waals surface area contributed by atoms with E-state index in [9.17, 15) is 4.79 Å². The van der Waals surface area contributed by atoms with Crippen molar-refractivity contribution in [2.75, 3.05) is 13.2 Å². The number of aryl methyl sites for hydroxylation is 1. The van der Waals surface area contributed by atoms with Crippen molar-refractivity contribution in [3.05, 3.63) is 22.2 Å². The summed E-state index contributed by atoms with van der Waals surface area (Å²) in [5.41, 5.74) is -0.0371. The normalized spacial score (nSPS) is 17.3. The van der Waals surface area contributed by atoms with Gasteiger partial charge in [-0.15, -0.1) is 11.3 Å². The van der Waals surface area contributed by atoms with Gasteiger partial charge in [-0.1, -0.05) is 0 Å². The molecule has 1 aromatic heterocycles. The van der Waals surface area contributed by atoms with Gasteiger partial charge in [0.25, 0.3) is 0 Å². The number of hydrogen-bond donors (Lipinski definition) is 2. The van der Waals surface area contributed by atoms with Crippen LogP contribution in [0.25, 0.3) is 6.08 Å². The predicted octanol–water partition coefficient (Wildman–Crippen LogP) is 1.35. The van der Waals surface area contributed by atoms with Crippen molar-refractivity contribution < 1.29 is 9.90 Å². The molecule has 0 unspecified atom stereocenters. The number of thiazole rings is 1. The zero-order chi connectivity index (χ0) is 12.3. The van der Waals surface area contributed by atoms with Gasteiger partial charge in [-0.2, -0.15) is 0 Å². The third-order valence-electron chi connectivity index (χ3n) is 2.97. The second-order valence-electron chi connectivity index (χ2n) is 4.49. The third-order valence-corrected chi connectivity index (χ3v) is 3.85. The molecule has 4 nitrogen and oxygen atoms in total. The summed E-state index contributed by atoms with van der Waals surface area (Å²) in [6.45, 7) is 2.65. The van der Waals surface area contributed by atoms with E-state index in [1.807, 2.05) is 6.92 Å². The van der Waals surface area contributed by atoms with Gasteiger partial charge in [0.1, 0.15) is 0 Å². The Labute approximate surface area is 104 Å². The summed E-state index contributed by atoms with van der Waals surface area (Å²) in [6.07, 6.45) is 7.03. The summed E-state index contributed by atoms with van der Waals surface area (Å²) in [4.78, 5) is 16.6. The summed E-state index contributed by atoms with van der Waals surface area (Å²) in [6, 6.07) is 0. The van der Waals surface area contributed by atoms with E-state index in [4.69, 9.17) is 5.11 Å². The maximum absolute atomic E-state index is 11.5. The molecule has 1 aromatic rings. The number of nitrogens with one attached hydrogen (secondary N) is 1. The largest absolute Gasteiger partial charge is 0.396 e. The van der Waals surface area contributed by atoms with Crippen LogP contribution in [0, 0.1) is 12.3 Å². The SMILES string of the molecule is Cc1ncc(/C=C/C(=O)NCC2(CO)CC2)s1. The molecule has 0 bridgehead atoms. The highest BCUT2D eigenvalue weighted by Gasteiger charge is 2.41. The van der Waals surface area contributed by atoms with Gasteiger partial charge >= 0.3 is 0 Å². The summed E-state index contributed by atoms with van der Waals surface area (Å²) in [5.74, 6) is -0.115. The van der Waals surface area contributed by atoms with Crippen molar-refractivity contribution in [3.8, 4) is 0 Å². The highest BCUT2D eigenvalue weighted by Crippen LogP contribution is 2.44. The van der Waals surface area contributed by atoms with Crippen LogP contribution in [0.4, 0.5) is 0 Å². The van der Waals surface area contributed by atoms with Gasteiger partial charge in [-0.05, 0) is 25.8 Å².